The summed E-state index contributed by atoms with van der Waals surface area (Å²) < 4.78 is 46.0. The second kappa shape index (κ2) is 7.30. The predicted molar refractivity (Wildman–Crippen MR) is 101 cm³/mol. The van der Waals surface area contributed by atoms with Gasteiger partial charge in [-0.3, -0.25) is 5.32 Å². The minimum Gasteiger partial charge on any atom is -0.444 e. The maximum atomic E-state index is 14.4. The summed E-state index contributed by atoms with van der Waals surface area (Å²) in [6.45, 7) is 6.90. The Morgan fingerprint density at radius 3 is 2.65 bits per heavy atom. The van der Waals surface area contributed by atoms with Crippen molar-refractivity contribution in [3.63, 3.8) is 0 Å². The molecule has 0 radical (unpaired) electrons. The lowest BCUT2D eigenvalue weighted by atomic mass is 9.88. The highest BCUT2D eigenvalue weighted by Crippen LogP contribution is 2.37. The van der Waals surface area contributed by atoms with E-state index in [1.54, 1.807) is 20.8 Å². The molecular weight excluding hydrogens is 429 g/mol. The summed E-state index contributed by atoms with van der Waals surface area (Å²) in [5.74, 6) is -1.64. The molecule has 0 aromatic heterocycles. The van der Waals surface area contributed by atoms with Gasteiger partial charge < -0.3 is 4.74 Å². The summed E-state index contributed by atoms with van der Waals surface area (Å²) in [6.07, 6.45) is 0.860. The van der Waals surface area contributed by atoms with Gasteiger partial charge >= 0.3 is 6.09 Å². The van der Waals surface area contributed by atoms with Crippen molar-refractivity contribution in [3.05, 3.63) is 22.0 Å². The summed E-state index contributed by atoms with van der Waals surface area (Å²) in [5.41, 5.74) is 0.160. The maximum absolute atomic E-state index is 14.4. The van der Waals surface area contributed by atoms with E-state index in [2.05, 4.69) is 26.2 Å². The van der Waals surface area contributed by atoms with Crippen molar-refractivity contribution in [1.82, 2.24) is 9.62 Å². The van der Waals surface area contributed by atoms with Gasteiger partial charge in [0.25, 0.3) is 0 Å². The lowest BCUT2D eigenvalue weighted by Gasteiger charge is -2.33. The Bertz CT molecular complexity index is 799. The SMILES string of the molecule is CC1=C(Br)C=C(F)C([C@@H]2CS(=O)(=O)N(C)C(NC(=O)OC(C)(C)C)=N2)C1. The molecule has 10 heteroatoms. The van der Waals surface area contributed by atoms with Crippen LogP contribution in [0.5, 0.6) is 0 Å². The number of hydrogen-bond donors (Lipinski definition) is 1. The van der Waals surface area contributed by atoms with Crippen LogP contribution in [0.15, 0.2) is 27.0 Å². The van der Waals surface area contributed by atoms with Crippen LogP contribution in [-0.2, 0) is 14.8 Å². The largest absolute Gasteiger partial charge is 0.444 e. The number of allylic oxidation sites excluding steroid dienone is 3. The third-order valence-corrected chi connectivity index (χ3v) is 6.69. The fourth-order valence-electron chi connectivity index (χ4n) is 2.64. The fraction of sp³-hybridized carbons (Fsp3) is 0.625. The van der Waals surface area contributed by atoms with Crippen molar-refractivity contribution in [3.8, 4) is 0 Å². The van der Waals surface area contributed by atoms with Crippen molar-refractivity contribution in [2.45, 2.75) is 45.8 Å². The van der Waals surface area contributed by atoms with Gasteiger partial charge in [-0.15, -0.1) is 0 Å². The van der Waals surface area contributed by atoms with Gasteiger partial charge in [-0.1, -0.05) is 21.5 Å². The third-order valence-electron chi connectivity index (χ3n) is 4.01. The molecule has 0 saturated heterocycles. The summed E-state index contributed by atoms with van der Waals surface area (Å²) in [6, 6.07) is -0.840. The summed E-state index contributed by atoms with van der Waals surface area (Å²) in [4.78, 5) is 16.3. The van der Waals surface area contributed by atoms with Crippen LogP contribution in [-0.4, -0.2) is 49.2 Å². The average molecular weight is 452 g/mol. The maximum Gasteiger partial charge on any atom is 0.414 e. The number of rotatable bonds is 1. The summed E-state index contributed by atoms with van der Waals surface area (Å²) in [5, 5.41) is 2.36. The molecule has 1 heterocycles. The standard InChI is InChI=1S/C16H23BrFN3O4S/c1-9-6-10(12(18)7-11(9)17)13-8-26(23,24)21(5)14(19-13)20-15(22)25-16(2,3)4/h7,10,13H,6,8H2,1-5H3,(H,19,20,22)/t10?,13-/m0/s1. The first kappa shape index (κ1) is 20.9. The number of guanidine groups is 1. The first-order chi connectivity index (χ1) is 11.8. The minimum absolute atomic E-state index is 0.172. The Morgan fingerprint density at radius 1 is 1.46 bits per heavy atom. The van der Waals surface area contributed by atoms with Crippen molar-refractivity contribution in [1.29, 1.82) is 0 Å². The van der Waals surface area contributed by atoms with E-state index in [-0.39, 0.29) is 11.7 Å². The molecule has 0 bridgehead atoms. The molecule has 0 saturated carbocycles. The average Bonchev–Trinajstić information content (AvgIpc) is 2.45. The molecule has 0 aromatic rings. The Balaban J connectivity index is 2.30. The molecule has 7 nitrogen and oxygen atoms in total. The molecule has 2 aliphatic rings. The number of alkyl carbamates (subject to hydrolysis) is 1. The second-order valence-electron chi connectivity index (χ2n) is 7.36. The molecule has 0 aromatic carbocycles. The van der Waals surface area contributed by atoms with Gasteiger partial charge in [-0.05, 0) is 40.2 Å². The number of nitrogens with zero attached hydrogens (tertiary/aromatic N) is 2. The van der Waals surface area contributed by atoms with Crippen molar-refractivity contribution >= 4 is 38.0 Å². The van der Waals surface area contributed by atoms with Crippen molar-refractivity contribution in [2.75, 3.05) is 12.8 Å². The Hall–Kier alpha value is -1.42. The molecule has 2 atom stereocenters. The smallest absolute Gasteiger partial charge is 0.414 e. The number of carbonyl (C=O) groups excluding carboxylic acids is 1. The first-order valence-corrected chi connectivity index (χ1v) is 10.5. The first-order valence-electron chi connectivity index (χ1n) is 8.07. The quantitative estimate of drug-likeness (QED) is 0.663. The Labute approximate surface area is 161 Å². The molecule has 1 N–H and O–H groups in total. The number of halogens is 2. The number of carbonyl (C=O) groups is 1. The van der Waals surface area contributed by atoms with Crippen LogP contribution in [0.1, 0.15) is 34.1 Å². The van der Waals surface area contributed by atoms with E-state index in [4.69, 9.17) is 4.74 Å². The van der Waals surface area contributed by atoms with Crippen molar-refractivity contribution < 1.29 is 22.3 Å². The van der Waals surface area contributed by atoms with E-state index in [1.165, 1.54) is 13.1 Å². The topological polar surface area (TPSA) is 88.1 Å². The van der Waals surface area contributed by atoms with E-state index in [9.17, 15) is 17.6 Å². The molecule has 2 rings (SSSR count). The van der Waals surface area contributed by atoms with E-state index in [0.717, 1.165) is 9.88 Å². The van der Waals surface area contributed by atoms with Gasteiger partial charge in [0.2, 0.25) is 16.0 Å². The molecule has 0 spiro atoms. The van der Waals surface area contributed by atoms with E-state index in [1.807, 2.05) is 6.92 Å². The zero-order valence-electron chi connectivity index (χ0n) is 15.3. The number of nitrogens with one attached hydrogen (secondary N) is 1. The van der Waals surface area contributed by atoms with Crippen LogP contribution in [0.25, 0.3) is 0 Å². The van der Waals surface area contributed by atoms with Crippen LogP contribution in [0.3, 0.4) is 0 Å². The van der Waals surface area contributed by atoms with E-state index < -0.39 is 39.5 Å². The van der Waals surface area contributed by atoms with Gasteiger partial charge in [0, 0.05) is 17.4 Å². The van der Waals surface area contributed by atoms with Gasteiger partial charge in [0.1, 0.15) is 11.4 Å². The van der Waals surface area contributed by atoms with Crippen LogP contribution < -0.4 is 5.32 Å². The molecule has 1 amide bonds. The minimum atomic E-state index is -3.74. The highest BCUT2D eigenvalue weighted by molar-refractivity contribution is 9.11. The zero-order valence-corrected chi connectivity index (χ0v) is 17.7. The van der Waals surface area contributed by atoms with Gasteiger partial charge in [-0.25, -0.2) is 26.9 Å². The fourth-order valence-corrected chi connectivity index (χ4v) is 4.34. The van der Waals surface area contributed by atoms with Gasteiger partial charge in [0.05, 0.1) is 11.8 Å². The monoisotopic (exact) mass is 451 g/mol. The van der Waals surface area contributed by atoms with E-state index in [0.29, 0.717) is 10.9 Å². The second-order valence-corrected chi connectivity index (χ2v) is 10.3. The molecular formula is C16H23BrFN3O4S. The number of ether oxygens (including phenoxy) is 1. The number of amides is 1. The summed E-state index contributed by atoms with van der Waals surface area (Å²) in [7, 11) is -2.45. The molecule has 1 aliphatic heterocycles. The van der Waals surface area contributed by atoms with Crippen molar-refractivity contribution in [2.24, 2.45) is 10.9 Å². The summed E-state index contributed by atoms with van der Waals surface area (Å²) >= 11 is 3.28. The Morgan fingerprint density at radius 2 is 2.08 bits per heavy atom. The molecule has 26 heavy (non-hydrogen) atoms. The van der Waals surface area contributed by atoms with Gasteiger partial charge in [-0.2, -0.15) is 0 Å². The normalized spacial score (nSPS) is 26.2. The lowest BCUT2D eigenvalue weighted by Crippen LogP contribution is -2.53. The molecule has 0 fully saturated rings. The van der Waals surface area contributed by atoms with Crippen LogP contribution in [0.2, 0.25) is 0 Å². The molecule has 1 aliphatic carbocycles. The van der Waals surface area contributed by atoms with Crippen LogP contribution in [0.4, 0.5) is 9.18 Å². The Kier molecular flexibility index (Phi) is 5.86. The third kappa shape index (κ3) is 4.85. The number of hydrogen-bond acceptors (Lipinski definition) is 5. The zero-order chi connectivity index (χ0) is 19.9. The highest BCUT2D eigenvalue weighted by atomic mass is 79.9. The van der Waals surface area contributed by atoms with E-state index >= 15 is 0 Å². The predicted octanol–water partition coefficient (Wildman–Crippen LogP) is 3.05. The van der Waals surface area contributed by atoms with Gasteiger partial charge in [0.15, 0.2) is 0 Å². The molecule has 146 valence electrons. The number of sulfonamides is 1. The highest BCUT2D eigenvalue weighted by Gasteiger charge is 2.39. The van der Waals surface area contributed by atoms with Crippen LogP contribution in [0, 0.1) is 5.92 Å². The molecule has 1 unspecified atom stereocenters. The lowest BCUT2D eigenvalue weighted by molar-refractivity contribution is 0.0559. The number of aliphatic imine (C=N–C) groups is 1. The van der Waals surface area contributed by atoms with Crippen LogP contribution >= 0.6 is 15.9 Å².